The lowest BCUT2D eigenvalue weighted by atomic mass is 10.0. The van der Waals surface area contributed by atoms with Crippen LogP contribution in [0.3, 0.4) is 0 Å². The minimum Gasteiger partial charge on any atom is -0.414 e. The third kappa shape index (κ3) is 4.32. The van der Waals surface area contributed by atoms with Crippen LogP contribution in [-0.4, -0.2) is 21.7 Å². The van der Waals surface area contributed by atoms with Crippen LogP contribution in [0, 0.1) is 5.92 Å². The number of thioether (sulfide) groups is 1. The first kappa shape index (κ1) is 17.0. The molecule has 0 unspecified atom stereocenters. The fourth-order valence-corrected chi connectivity index (χ4v) is 2.55. The van der Waals surface area contributed by atoms with Gasteiger partial charge in [-0.3, -0.25) is 4.79 Å². The predicted molar refractivity (Wildman–Crippen MR) is 87.2 cm³/mol. The summed E-state index contributed by atoms with van der Waals surface area (Å²) >= 11 is 7.00. The Kier molecular flexibility index (Phi) is 5.99. The van der Waals surface area contributed by atoms with E-state index in [9.17, 15) is 4.79 Å². The summed E-state index contributed by atoms with van der Waals surface area (Å²) in [5.74, 6) is 0.874. The van der Waals surface area contributed by atoms with Gasteiger partial charge in [-0.25, -0.2) is 0 Å². The van der Waals surface area contributed by atoms with Gasteiger partial charge in [0.25, 0.3) is 5.22 Å². The van der Waals surface area contributed by atoms with Crippen molar-refractivity contribution in [1.29, 1.82) is 0 Å². The van der Waals surface area contributed by atoms with Crippen LogP contribution < -0.4 is 5.73 Å². The van der Waals surface area contributed by atoms with Crippen LogP contribution >= 0.6 is 23.4 Å². The number of aromatic nitrogens is 2. The molecule has 0 aliphatic carbocycles. The summed E-state index contributed by atoms with van der Waals surface area (Å²) in [7, 11) is 0. The van der Waals surface area contributed by atoms with Gasteiger partial charge in [0.1, 0.15) is 0 Å². The first-order valence-electron chi connectivity index (χ1n) is 7.01. The number of rotatable bonds is 7. The number of Topliss-reactive ketones (excluding diaryl/α,β-unsaturated/α-hetero) is 1. The van der Waals surface area contributed by atoms with E-state index in [1.54, 1.807) is 24.3 Å². The highest BCUT2D eigenvalue weighted by Crippen LogP contribution is 2.24. The van der Waals surface area contributed by atoms with E-state index in [-0.39, 0.29) is 23.5 Å². The topological polar surface area (TPSA) is 82.0 Å². The Morgan fingerprint density at radius 1 is 1.36 bits per heavy atom. The molecule has 2 atom stereocenters. The number of ketones is 1. The normalized spacial score (nSPS) is 13.8. The van der Waals surface area contributed by atoms with Crippen molar-refractivity contribution < 1.29 is 9.21 Å². The van der Waals surface area contributed by atoms with Crippen LogP contribution in [0.25, 0.3) is 0 Å². The van der Waals surface area contributed by atoms with Crippen molar-refractivity contribution in [3.63, 3.8) is 0 Å². The molecule has 1 aromatic carbocycles. The molecular formula is C15H18ClN3O2S. The monoisotopic (exact) mass is 339 g/mol. The van der Waals surface area contributed by atoms with Gasteiger partial charge in [0.15, 0.2) is 5.78 Å². The molecule has 22 heavy (non-hydrogen) atoms. The molecule has 2 rings (SSSR count). The van der Waals surface area contributed by atoms with E-state index in [0.717, 1.165) is 6.42 Å². The molecule has 5 nitrogen and oxygen atoms in total. The van der Waals surface area contributed by atoms with Gasteiger partial charge in [0.05, 0.1) is 11.8 Å². The molecular weight excluding hydrogens is 322 g/mol. The molecule has 2 N–H and O–H groups in total. The summed E-state index contributed by atoms with van der Waals surface area (Å²) in [4.78, 5) is 12.0. The number of hydrogen-bond acceptors (Lipinski definition) is 6. The Morgan fingerprint density at radius 3 is 2.68 bits per heavy atom. The molecule has 0 spiro atoms. The first-order valence-corrected chi connectivity index (χ1v) is 8.38. The van der Waals surface area contributed by atoms with E-state index in [4.69, 9.17) is 21.8 Å². The standard InChI is InChI=1S/C15H18ClN3O2S/c1-3-9(2)13(17)14-18-19-15(21-14)22-8-12(20)10-4-6-11(16)7-5-10/h4-7,9,13H,3,8,17H2,1-2H3/t9-,13-/m0/s1. The molecule has 0 bridgehead atoms. The number of carbonyl (C=O) groups excluding carboxylic acids is 1. The van der Waals surface area contributed by atoms with E-state index in [2.05, 4.69) is 17.1 Å². The summed E-state index contributed by atoms with van der Waals surface area (Å²) in [6.45, 7) is 4.09. The van der Waals surface area contributed by atoms with Crippen molar-refractivity contribution in [3.05, 3.63) is 40.7 Å². The van der Waals surface area contributed by atoms with Gasteiger partial charge in [-0.15, -0.1) is 10.2 Å². The average Bonchev–Trinajstić information content (AvgIpc) is 3.00. The number of nitrogens with zero attached hydrogens (tertiary/aromatic N) is 2. The summed E-state index contributed by atoms with van der Waals surface area (Å²) in [5, 5.41) is 8.84. The SMILES string of the molecule is CC[C@H](C)[C@H](N)c1nnc(SCC(=O)c2ccc(Cl)cc2)o1. The Morgan fingerprint density at radius 2 is 2.05 bits per heavy atom. The fourth-order valence-electron chi connectivity index (χ4n) is 1.76. The zero-order chi connectivity index (χ0) is 16.1. The Balaban J connectivity index is 1.93. The molecule has 1 heterocycles. The van der Waals surface area contributed by atoms with Crippen molar-refractivity contribution in [1.82, 2.24) is 10.2 Å². The third-order valence-corrected chi connectivity index (χ3v) is 4.53. The first-order chi connectivity index (χ1) is 10.5. The van der Waals surface area contributed by atoms with E-state index in [0.29, 0.717) is 21.7 Å². The Bertz CT molecular complexity index is 630. The van der Waals surface area contributed by atoms with Gasteiger partial charge < -0.3 is 10.2 Å². The highest BCUT2D eigenvalue weighted by Gasteiger charge is 2.20. The summed E-state index contributed by atoms with van der Waals surface area (Å²) in [5.41, 5.74) is 6.64. The smallest absolute Gasteiger partial charge is 0.277 e. The van der Waals surface area contributed by atoms with Crippen LogP contribution in [0.4, 0.5) is 0 Å². The maximum Gasteiger partial charge on any atom is 0.277 e. The van der Waals surface area contributed by atoms with Crippen LogP contribution in [0.5, 0.6) is 0 Å². The minimum absolute atomic E-state index is 0.0207. The minimum atomic E-state index is -0.279. The second kappa shape index (κ2) is 7.76. The summed E-state index contributed by atoms with van der Waals surface area (Å²) < 4.78 is 5.52. The largest absolute Gasteiger partial charge is 0.414 e. The van der Waals surface area contributed by atoms with Gasteiger partial charge in [0, 0.05) is 10.6 Å². The molecule has 0 aliphatic rings. The number of halogens is 1. The van der Waals surface area contributed by atoms with Crippen molar-refractivity contribution in [2.24, 2.45) is 11.7 Å². The molecule has 2 aromatic rings. The lowest BCUT2D eigenvalue weighted by Crippen LogP contribution is -2.18. The lowest BCUT2D eigenvalue weighted by Gasteiger charge is -2.13. The quantitative estimate of drug-likeness (QED) is 0.611. The Hall–Kier alpha value is -1.37. The van der Waals surface area contributed by atoms with Gasteiger partial charge in [-0.1, -0.05) is 43.6 Å². The average molecular weight is 340 g/mol. The molecule has 118 valence electrons. The zero-order valence-electron chi connectivity index (χ0n) is 12.5. The van der Waals surface area contributed by atoms with Crippen molar-refractivity contribution >= 4 is 29.1 Å². The second-order valence-corrected chi connectivity index (χ2v) is 6.40. The number of hydrogen-bond donors (Lipinski definition) is 1. The van der Waals surface area contributed by atoms with Gasteiger partial charge in [-0.2, -0.15) is 0 Å². The predicted octanol–water partition coefficient (Wildman–Crippen LogP) is 3.74. The fraction of sp³-hybridized carbons (Fsp3) is 0.400. The highest BCUT2D eigenvalue weighted by atomic mass is 35.5. The number of nitrogens with two attached hydrogens (primary N) is 1. The molecule has 0 saturated carbocycles. The van der Waals surface area contributed by atoms with Crippen molar-refractivity contribution in [2.45, 2.75) is 31.5 Å². The molecule has 0 saturated heterocycles. The summed E-state index contributed by atoms with van der Waals surface area (Å²) in [6, 6.07) is 6.50. The Labute approximate surface area is 138 Å². The van der Waals surface area contributed by atoms with Gasteiger partial charge >= 0.3 is 0 Å². The van der Waals surface area contributed by atoms with Crippen molar-refractivity contribution in [2.75, 3.05) is 5.75 Å². The zero-order valence-corrected chi connectivity index (χ0v) is 14.0. The van der Waals surface area contributed by atoms with Crippen LogP contribution in [-0.2, 0) is 0 Å². The van der Waals surface area contributed by atoms with Gasteiger partial charge in [0.2, 0.25) is 5.89 Å². The number of carbonyl (C=O) groups is 1. The second-order valence-electron chi connectivity index (χ2n) is 5.04. The molecule has 0 aliphatic heterocycles. The maximum absolute atomic E-state index is 12.0. The van der Waals surface area contributed by atoms with Crippen LogP contribution in [0.15, 0.2) is 33.9 Å². The molecule has 0 amide bonds. The molecule has 7 heteroatoms. The van der Waals surface area contributed by atoms with Crippen LogP contribution in [0.1, 0.15) is 42.6 Å². The third-order valence-electron chi connectivity index (χ3n) is 3.46. The summed E-state index contributed by atoms with van der Waals surface area (Å²) in [6.07, 6.45) is 0.932. The molecule has 0 fully saturated rings. The van der Waals surface area contributed by atoms with E-state index < -0.39 is 0 Å². The number of benzene rings is 1. The van der Waals surface area contributed by atoms with E-state index in [1.807, 2.05) is 6.92 Å². The van der Waals surface area contributed by atoms with Gasteiger partial charge in [-0.05, 0) is 30.2 Å². The van der Waals surface area contributed by atoms with Crippen molar-refractivity contribution in [3.8, 4) is 0 Å². The maximum atomic E-state index is 12.0. The highest BCUT2D eigenvalue weighted by molar-refractivity contribution is 7.99. The molecule has 0 radical (unpaired) electrons. The van der Waals surface area contributed by atoms with Crippen LogP contribution in [0.2, 0.25) is 5.02 Å². The lowest BCUT2D eigenvalue weighted by molar-refractivity contribution is 0.102. The molecule has 1 aromatic heterocycles. The van der Waals surface area contributed by atoms with E-state index >= 15 is 0 Å². The van der Waals surface area contributed by atoms with E-state index in [1.165, 1.54) is 11.8 Å².